The second-order valence-corrected chi connectivity index (χ2v) is 5.76. The topological polar surface area (TPSA) is 64.2 Å². The number of piperidine rings is 1. The summed E-state index contributed by atoms with van der Waals surface area (Å²) in [5, 5.41) is 0. The van der Waals surface area contributed by atoms with Crippen molar-refractivity contribution in [1.29, 1.82) is 0 Å². The number of aromatic nitrogens is 2. The standard InChI is InChI=1S/C14H22N4O/c15-13(19)10-17-6-3-4-11(9-17)14-16-8-12-5-1-2-7-18(12)14/h8,11H,1-7,9-10H2,(H2,15,19). The van der Waals surface area contributed by atoms with E-state index in [1.165, 1.54) is 30.8 Å². The largest absolute Gasteiger partial charge is 0.369 e. The second-order valence-electron chi connectivity index (χ2n) is 5.76. The van der Waals surface area contributed by atoms with E-state index >= 15 is 0 Å². The Kier molecular flexibility index (Phi) is 3.55. The van der Waals surface area contributed by atoms with Crippen molar-refractivity contribution in [3.8, 4) is 0 Å². The molecule has 3 heterocycles. The molecule has 0 spiro atoms. The first kappa shape index (κ1) is 12.7. The summed E-state index contributed by atoms with van der Waals surface area (Å²) < 4.78 is 2.40. The Balaban J connectivity index is 1.74. The first-order valence-corrected chi connectivity index (χ1v) is 7.29. The van der Waals surface area contributed by atoms with Gasteiger partial charge in [-0.05, 0) is 38.6 Å². The molecule has 0 radical (unpaired) electrons. The van der Waals surface area contributed by atoms with Crippen LogP contribution in [-0.2, 0) is 17.8 Å². The lowest BCUT2D eigenvalue weighted by molar-refractivity contribution is -0.119. The number of carbonyl (C=O) groups is 1. The van der Waals surface area contributed by atoms with Gasteiger partial charge in [0.2, 0.25) is 5.91 Å². The summed E-state index contributed by atoms with van der Waals surface area (Å²) in [6.45, 7) is 3.38. The average molecular weight is 262 g/mol. The second kappa shape index (κ2) is 5.33. The lowest BCUT2D eigenvalue weighted by Crippen LogP contribution is -2.40. The molecule has 0 bridgehead atoms. The van der Waals surface area contributed by atoms with Crippen molar-refractivity contribution in [2.45, 2.75) is 44.6 Å². The van der Waals surface area contributed by atoms with Crippen molar-refractivity contribution in [3.63, 3.8) is 0 Å². The van der Waals surface area contributed by atoms with Gasteiger partial charge in [0.25, 0.3) is 0 Å². The van der Waals surface area contributed by atoms with Crippen molar-refractivity contribution in [3.05, 3.63) is 17.7 Å². The Morgan fingerprint density at radius 2 is 2.26 bits per heavy atom. The van der Waals surface area contributed by atoms with E-state index in [2.05, 4.69) is 14.5 Å². The van der Waals surface area contributed by atoms with Gasteiger partial charge >= 0.3 is 0 Å². The number of hydrogen-bond donors (Lipinski definition) is 1. The molecule has 1 unspecified atom stereocenters. The zero-order valence-electron chi connectivity index (χ0n) is 11.3. The van der Waals surface area contributed by atoms with E-state index in [1.54, 1.807) is 0 Å². The molecule has 0 saturated carbocycles. The van der Waals surface area contributed by atoms with Crippen LogP contribution in [0.4, 0.5) is 0 Å². The van der Waals surface area contributed by atoms with Crippen LogP contribution in [0.2, 0.25) is 0 Å². The highest BCUT2D eigenvalue weighted by atomic mass is 16.1. The number of amides is 1. The third-order valence-corrected chi connectivity index (χ3v) is 4.28. The first-order chi connectivity index (χ1) is 9.24. The molecule has 104 valence electrons. The maximum atomic E-state index is 11.1. The molecule has 2 aliphatic heterocycles. The predicted octanol–water partition coefficient (Wildman–Crippen LogP) is 0.884. The van der Waals surface area contributed by atoms with Gasteiger partial charge in [-0.2, -0.15) is 0 Å². The molecule has 1 fully saturated rings. The van der Waals surface area contributed by atoms with Gasteiger partial charge in [-0.25, -0.2) is 4.98 Å². The Hall–Kier alpha value is -1.36. The molecular weight excluding hydrogens is 240 g/mol. The van der Waals surface area contributed by atoms with Gasteiger partial charge < -0.3 is 10.3 Å². The molecule has 5 nitrogen and oxygen atoms in total. The molecule has 2 aliphatic rings. The number of primary amides is 1. The van der Waals surface area contributed by atoms with Crippen molar-refractivity contribution in [2.75, 3.05) is 19.6 Å². The van der Waals surface area contributed by atoms with Gasteiger partial charge in [0, 0.05) is 30.9 Å². The van der Waals surface area contributed by atoms with Crippen molar-refractivity contribution in [1.82, 2.24) is 14.5 Å². The first-order valence-electron chi connectivity index (χ1n) is 7.29. The normalized spacial score (nSPS) is 24.1. The van der Waals surface area contributed by atoms with E-state index < -0.39 is 0 Å². The average Bonchev–Trinajstić information content (AvgIpc) is 2.82. The zero-order valence-corrected chi connectivity index (χ0v) is 11.3. The fourth-order valence-corrected chi connectivity index (χ4v) is 3.42. The Labute approximate surface area is 113 Å². The number of nitrogens with zero attached hydrogens (tertiary/aromatic N) is 3. The minimum atomic E-state index is -0.231. The van der Waals surface area contributed by atoms with Crippen LogP contribution in [0, 0.1) is 0 Å². The van der Waals surface area contributed by atoms with Gasteiger partial charge in [-0.3, -0.25) is 9.69 Å². The molecule has 3 rings (SSSR count). The molecule has 1 saturated heterocycles. The minimum absolute atomic E-state index is 0.231. The number of aryl methyl sites for hydroxylation is 1. The Morgan fingerprint density at radius 3 is 3.11 bits per heavy atom. The van der Waals surface area contributed by atoms with E-state index in [-0.39, 0.29) is 5.91 Å². The number of hydrogen-bond acceptors (Lipinski definition) is 3. The third-order valence-electron chi connectivity index (χ3n) is 4.28. The number of carbonyl (C=O) groups excluding carboxylic acids is 1. The zero-order chi connectivity index (χ0) is 13.2. The Morgan fingerprint density at radius 1 is 1.37 bits per heavy atom. The number of rotatable bonds is 3. The molecule has 1 aromatic rings. The van der Waals surface area contributed by atoms with Crippen LogP contribution in [0.25, 0.3) is 0 Å². The van der Waals surface area contributed by atoms with E-state index in [0.717, 1.165) is 32.5 Å². The molecule has 0 aromatic carbocycles. The van der Waals surface area contributed by atoms with Crippen LogP contribution in [0.15, 0.2) is 6.20 Å². The minimum Gasteiger partial charge on any atom is -0.369 e. The van der Waals surface area contributed by atoms with Crippen LogP contribution >= 0.6 is 0 Å². The number of fused-ring (bicyclic) bond motifs is 1. The SMILES string of the molecule is NC(=O)CN1CCCC(c2ncc3n2CCCC3)C1. The van der Waals surface area contributed by atoms with Gasteiger partial charge in [0.15, 0.2) is 0 Å². The number of nitrogens with two attached hydrogens (primary N) is 1. The number of imidazole rings is 1. The highest BCUT2D eigenvalue weighted by molar-refractivity contribution is 5.75. The van der Waals surface area contributed by atoms with Crippen LogP contribution in [-0.4, -0.2) is 40.0 Å². The smallest absolute Gasteiger partial charge is 0.231 e. The van der Waals surface area contributed by atoms with E-state index in [9.17, 15) is 4.79 Å². The third kappa shape index (κ3) is 2.66. The molecule has 1 amide bonds. The summed E-state index contributed by atoms with van der Waals surface area (Å²) in [4.78, 5) is 17.9. The molecular formula is C14H22N4O. The van der Waals surface area contributed by atoms with Crippen LogP contribution in [0.5, 0.6) is 0 Å². The van der Waals surface area contributed by atoms with Gasteiger partial charge in [0.05, 0.1) is 6.54 Å². The van der Waals surface area contributed by atoms with Gasteiger partial charge in [-0.15, -0.1) is 0 Å². The highest BCUT2D eigenvalue weighted by Gasteiger charge is 2.27. The molecule has 19 heavy (non-hydrogen) atoms. The summed E-state index contributed by atoms with van der Waals surface area (Å²) in [5.74, 6) is 1.45. The van der Waals surface area contributed by atoms with Crippen LogP contribution in [0.3, 0.4) is 0 Å². The summed E-state index contributed by atoms with van der Waals surface area (Å²) in [7, 11) is 0. The quantitative estimate of drug-likeness (QED) is 0.879. The lowest BCUT2D eigenvalue weighted by Gasteiger charge is -2.32. The van der Waals surface area contributed by atoms with E-state index in [4.69, 9.17) is 5.73 Å². The lowest BCUT2D eigenvalue weighted by atomic mass is 9.96. The summed E-state index contributed by atoms with van der Waals surface area (Å²) in [6.07, 6.45) is 8.04. The van der Waals surface area contributed by atoms with Gasteiger partial charge in [0.1, 0.15) is 5.82 Å². The maximum absolute atomic E-state index is 11.1. The van der Waals surface area contributed by atoms with Crippen LogP contribution in [0.1, 0.15) is 43.1 Å². The number of likely N-dealkylation sites (tertiary alicyclic amines) is 1. The monoisotopic (exact) mass is 262 g/mol. The van der Waals surface area contributed by atoms with Crippen LogP contribution < -0.4 is 5.73 Å². The van der Waals surface area contributed by atoms with E-state index in [0.29, 0.717) is 12.5 Å². The van der Waals surface area contributed by atoms with Crippen molar-refractivity contribution in [2.24, 2.45) is 5.73 Å². The van der Waals surface area contributed by atoms with Gasteiger partial charge in [-0.1, -0.05) is 0 Å². The maximum Gasteiger partial charge on any atom is 0.231 e. The van der Waals surface area contributed by atoms with E-state index in [1.807, 2.05) is 6.20 Å². The summed E-state index contributed by atoms with van der Waals surface area (Å²) in [5.41, 5.74) is 6.68. The Bertz CT molecular complexity index is 468. The summed E-state index contributed by atoms with van der Waals surface area (Å²) in [6, 6.07) is 0. The van der Waals surface area contributed by atoms with Crippen molar-refractivity contribution >= 4 is 5.91 Å². The fraction of sp³-hybridized carbons (Fsp3) is 0.714. The molecule has 1 atom stereocenters. The molecule has 0 aliphatic carbocycles. The molecule has 2 N–H and O–H groups in total. The highest BCUT2D eigenvalue weighted by Crippen LogP contribution is 2.28. The fourth-order valence-electron chi connectivity index (χ4n) is 3.42. The molecule has 1 aromatic heterocycles. The summed E-state index contributed by atoms with van der Waals surface area (Å²) >= 11 is 0. The molecule has 5 heteroatoms. The van der Waals surface area contributed by atoms with Crippen molar-refractivity contribution < 1.29 is 4.79 Å². The predicted molar refractivity (Wildman–Crippen MR) is 72.8 cm³/mol.